The molecule has 0 saturated carbocycles. The summed E-state index contributed by atoms with van der Waals surface area (Å²) in [4.78, 5) is 26.9. The van der Waals surface area contributed by atoms with Gasteiger partial charge in [0.25, 0.3) is 5.91 Å². The lowest BCUT2D eigenvalue weighted by Crippen LogP contribution is -2.44. The highest BCUT2D eigenvalue weighted by molar-refractivity contribution is 5.93. The number of morpholine rings is 1. The zero-order valence-electron chi connectivity index (χ0n) is 13.4. The minimum Gasteiger partial charge on any atom is -0.469 e. The molecule has 1 aliphatic heterocycles. The first-order valence-corrected chi connectivity index (χ1v) is 7.83. The molecule has 1 aromatic heterocycles. The van der Waals surface area contributed by atoms with Crippen LogP contribution in [-0.4, -0.2) is 43.1 Å². The van der Waals surface area contributed by atoms with Gasteiger partial charge in [0.05, 0.1) is 19.5 Å². The van der Waals surface area contributed by atoms with E-state index in [0.29, 0.717) is 43.2 Å². The van der Waals surface area contributed by atoms with Crippen LogP contribution in [0.4, 0.5) is 0 Å². The first kappa shape index (κ1) is 16.3. The van der Waals surface area contributed by atoms with Crippen molar-refractivity contribution in [3.63, 3.8) is 0 Å². The van der Waals surface area contributed by atoms with Crippen LogP contribution in [0.15, 0.2) is 47.1 Å². The van der Waals surface area contributed by atoms with E-state index in [-0.39, 0.29) is 5.91 Å². The van der Waals surface area contributed by atoms with Gasteiger partial charge in [-0.15, -0.1) is 0 Å². The van der Waals surface area contributed by atoms with Crippen molar-refractivity contribution >= 4 is 11.9 Å². The molecule has 24 heavy (non-hydrogen) atoms. The number of hydrogen-bond donors (Lipinski definition) is 0. The molecule has 2 aromatic rings. The van der Waals surface area contributed by atoms with Crippen molar-refractivity contribution in [1.29, 1.82) is 0 Å². The number of benzene rings is 1. The second-order valence-corrected chi connectivity index (χ2v) is 5.52. The maximum Gasteiger partial charge on any atom is 0.342 e. The molecule has 1 amide bonds. The van der Waals surface area contributed by atoms with Gasteiger partial charge in [-0.3, -0.25) is 4.79 Å². The molecule has 0 unspecified atom stereocenters. The van der Waals surface area contributed by atoms with E-state index < -0.39 is 12.1 Å². The molecular formula is C18H19NO5. The number of rotatable bonds is 4. The highest BCUT2D eigenvalue weighted by Gasteiger charge is 2.31. The number of amides is 1. The van der Waals surface area contributed by atoms with E-state index in [0.717, 1.165) is 0 Å². The summed E-state index contributed by atoms with van der Waals surface area (Å²) in [5, 5.41) is 0. The van der Waals surface area contributed by atoms with Crippen LogP contribution in [-0.2, 0) is 14.3 Å². The van der Waals surface area contributed by atoms with Crippen LogP contribution in [0.3, 0.4) is 0 Å². The Morgan fingerprint density at radius 2 is 1.83 bits per heavy atom. The second-order valence-electron chi connectivity index (χ2n) is 5.52. The molecule has 0 aliphatic carbocycles. The Bertz CT molecular complexity index is 703. The largest absolute Gasteiger partial charge is 0.469 e. The van der Waals surface area contributed by atoms with Crippen molar-refractivity contribution in [2.75, 3.05) is 26.3 Å². The van der Waals surface area contributed by atoms with Crippen LogP contribution < -0.4 is 0 Å². The summed E-state index contributed by atoms with van der Waals surface area (Å²) in [6.07, 6.45) is 0.443. The smallest absolute Gasteiger partial charge is 0.342 e. The van der Waals surface area contributed by atoms with Crippen LogP contribution >= 0.6 is 0 Å². The quantitative estimate of drug-likeness (QED) is 0.805. The van der Waals surface area contributed by atoms with E-state index in [9.17, 15) is 9.59 Å². The van der Waals surface area contributed by atoms with Crippen molar-refractivity contribution in [1.82, 2.24) is 4.90 Å². The minimum atomic E-state index is -0.980. The van der Waals surface area contributed by atoms with Gasteiger partial charge in [0.2, 0.25) is 6.10 Å². The first-order valence-electron chi connectivity index (χ1n) is 7.83. The predicted molar refractivity (Wildman–Crippen MR) is 85.4 cm³/mol. The molecule has 6 heteroatoms. The summed E-state index contributed by atoms with van der Waals surface area (Å²) in [6, 6.07) is 10.6. The normalized spacial score (nSPS) is 15.8. The number of esters is 1. The van der Waals surface area contributed by atoms with Crippen molar-refractivity contribution in [3.8, 4) is 0 Å². The van der Waals surface area contributed by atoms with Gasteiger partial charge in [0.1, 0.15) is 11.3 Å². The van der Waals surface area contributed by atoms with Crippen molar-refractivity contribution in [3.05, 3.63) is 59.5 Å². The topological polar surface area (TPSA) is 69.0 Å². The third-order valence-corrected chi connectivity index (χ3v) is 3.95. The van der Waals surface area contributed by atoms with Crippen LogP contribution in [0, 0.1) is 6.92 Å². The highest BCUT2D eigenvalue weighted by atomic mass is 16.5. The number of carbonyl (C=O) groups is 2. The Balaban J connectivity index is 1.83. The molecule has 1 atom stereocenters. The summed E-state index contributed by atoms with van der Waals surface area (Å²) in [5.74, 6) is -0.346. The Kier molecular flexibility index (Phi) is 4.96. The van der Waals surface area contributed by atoms with Crippen LogP contribution in [0.5, 0.6) is 0 Å². The summed E-state index contributed by atoms with van der Waals surface area (Å²) in [7, 11) is 0. The molecule has 1 saturated heterocycles. The molecule has 0 spiro atoms. The molecule has 1 fully saturated rings. The number of ether oxygens (including phenoxy) is 2. The number of furan rings is 1. The van der Waals surface area contributed by atoms with Crippen LogP contribution in [0.25, 0.3) is 0 Å². The molecule has 0 bridgehead atoms. The van der Waals surface area contributed by atoms with E-state index in [1.165, 1.54) is 6.26 Å². The lowest BCUT2D eigenvalue weighted by molar-refractivity contribution is -0.145. The average Bonchev–Trinajstić information content (AvgIpc) is 3.06. The number of carbonyl (C=O) groups excluding carboxylic acids is 2. The summed E-state index contributed by atoms with van der Waals surface area (Å²) in [5.41, 5.74) is 0.967. The molecule has 1 aromatic carbocycles. The van der Waals surface area contributed by atoms with E-state index in [1.807, 2.05) is 18.2 Å². The molecule has 0 N–H and O–H groups in total. The van der Waals surface area contributed by atoms with E-state index in [2.05, 4.69) is 0 Å². The maximum absolute atomic E-state index is 12.9. The zero-order valence-corrected chi connectivity index (χ0v) is 13.4. The van der Waals surface area contributed by atoms with Gasteiger partial charge in [-0.05, 0) is 13.0 Å². The van der Waals surface area contributed by atoms with Crippen molar-refractivity contribution in [2.45, 2.75) is 13.0 Å². The Hall–Kier alpha value is -2.60. The standard InChI is InChI=1S/C18H19NO5/c1-13-15(7-10-23-13)18(21)24-16(14-5-3-2-4-6-14)17(20)19-8-11-22-12-9-19/h2-7,10,16H,8-9,11-12H2,1H3/t16-/m0/s1. The van der Waals surface area contributed by atoms with Gasteiger partial charge < -0.3 is 18.8 Å². The molecule has 2 heterocycles. The lowest BCUT2D eigenvalue weighted by Gasteiger charge is -2.30. The van der Waals surface area contributed by atoms with Crippen LogP contribution in [0.2, 0.25) is 0 Å². The van der Waals surface area contributed by atoms with Gasteiger partial charge in [-0.2, -0.15) is 0 Å². The van der Waals surface area contributed by atoms with E-state index in [1.54, 1.807) is 30.0 Å². The zero-order chi connectivity index (χ0) is 16.9. The van der Waals surface area contributed by atoms with E-state index in [4.69, 9.17) is 13.9 Å². The van der Waals surface area contributed by atoms with Gasteiger partial charge >= 0.3 is 5.97 Å². The monoisotopic (exact) mass is 329 g/mol. The predicted octanol–water partition coefficient (Wildman–Crippen LogP) is 2.34. The average molecular weight is 329 g/mol. The molecule has 0 radical (unpaired) electrons. The Morgan fingerprint density at radius 3 is 2.46 bits per heavy atom. The number of nitrogens with zero attached hydrogens (tertiary/aromatic N) is 1. The summed E-state index contributed by atoms with van der Waals surface area (Å²) in [6.45, 7) is 3.64. The van der Waals surface area contributed by atoms with Crippen molar-refractivity contribution in [2.24, 2.45) is 0 Å². The molecule has 1 aliphatic rings. The SMILES string of the molecule is Cc1occc1C(=O)O[C@H](C(=O)N1CCOCC1)c1ccccc1. The lowest BCUT2D eigenvalue weighted by atomic mass is 10.1. The Morgan fingerprint density at radius 1 is 1.12 bits per heavy atom. The summed E-state index contributed by atoms with van der Waals surface area (Å²) < 4.78 is 16.0. The van der Waals surface area contributed by atoms with Gasteiger partial charge in [-0.1, -0.05) is 30.3 Å². The second kappa shape index (κ2) is 7.31. The fourth-order valence-electron chi connectivity index (χ4n) is 2.61. The minimum absolute atomic E-state index is 0.237. The van der Waals surface area contributed by atoms with E-state index >= 15 is 0 Å². The first-order chi connectivity index (χ1) is 11.7. The molecule has 6 nitrogen and oxygen atoms in total. The number of hydrogen-bond acceptors (Lipinski definition) is 5. The third kappa shape index (κ3) is 3.49. The molecule has 126 valence electrons. The highest BCUT2D eigenvalue weighted by Crippen LogP contribution is 2.23. The summed E-state index contributed by atoms with van der Waals surface area (Å²) >= 11 is 0. The van der Waals surface area contributed by atoms with Gasteiger partial charge in [0.15, 0.2) is 0 Å². The fraction of sp³-hybridized carbons (Fsp3) is 0.333. The Labute approximate surface area is 140 Å². The third-order valence-electron chi connectivity index (χ3n) is 3.95. The van der Waals surface area contributed by atoms with Crippen molar-refractivity contribution < 1.29 is 23.5 Å². The molecular weight excluding hydrogens is 310 g/mol. The fourth-order valence-corrected chi connectivity index (χ4v) is 2.61. The van der Waals surface area contributed by atoms with Gasteiger partial charge in [-0.25, -0.2) is 4.79 Å². The van der Waals surface area contributed by atoms with Crippen LogP contribution in [0.1, 0.15) is 27.8 Å². The molecule has 3 rings (SSSR count). The maximum atomic E-state index is 12.9. The van der Waals surface area contributed by atoms with Gasteiger partial charge in [0, 0.05) is 18.7 Å². The number of aryl methyl sites for hydroxylation is 1.